The van der Waals surface area contributed by atoms with Gasteiger partial charge in [0.25, 0.3) is 0 Å². The molecule has 0 atom stereocenters. The van der Waals surface area contributed by atoms with Crippen LogP contribution in [0.25, 0.3) is 71.7 Å². The van der Waals surface area contributed by atoms with E-state index < -0.39 is 0 Å². The fourth-order valence-electron chi connectivity index (χ4n) is 7.25. The first-order valence-electron chi connectivity index (χ1n) is 16.2. The van der Waals surface area contributed by atoms with Gasteiger partial charge in [0.05, 0.1) is 16.9 Å². The molecule has 3 heterocycles. The normalized spacial score (nSPS) is 11.8. The zero-order valence-electron chi connectivity index (χ0n) is 25.9. The van der Waals surface area contributed by atoms with E-state index in [0.29, 0.717) is 0 Å². The highest BCUT2D eigenvalue weighted by molar-refractivity contribution is 6.19. The number of rotatable bonds is 5. The zero-order valence-corrected chi connectivity index (χ0v) is 25.9. The third-order valence-electron chi connectivity index (χ3n) is 9.39. The van der Waals surface area contributed by atoms with Crippen molar-refractivity contribution in [3.63, 3.8) is 0 Å². The minimum Gasteiger partial charge on any atom is -0.454 e. The third kappa shape index (κ3) is 3.96. The van der Waals surface area contributed by atoms with E-state index in [-0.39, 0.29) is 0 Å². The topological polar surface area (TPSA) is 34.5 Å². The van der Waals surface area contributed by atoms with Gasteiger partial charge in [-0.05, 0) is 71.8 Å². The summed E-state index contributed by atoms with van der Waals surface area (Å²) in [5.74, 6) is 0. The largest absolute Gasteiger partial charge is 0.454 e. The molecule has 0 aliphatic carbocycles. The molecule has 4 heteroatoms. The maximum absolute atomic E-state index is 6.99. The molecule has 0 unspecified atom stereocenters. The van der Waals surface area contributed by atoms with E-state index >= 15 is 0 Å². The van der Waals surface area contributed by atoms with E-state index in [9.17, 15) is 0 Å². The summed E-state index contributed by atoms with van der Waals surface area (Å²) in [4.78, 5) is 2.28. The van der Waals surface area contributed by atoms with Crippen molar-refractivity contribution < 1.29 is 8.83 Å². The second kappa shape index (κ2) is 10.5. The quantitative estimate of drug-likeness (QED) is 0.193. The summed E-state index contributed by atoms with van der Waals surface area (Å²) in [6.45, 7) is 0. The van der Waals surface area contributed by atoms with E-state index in [0.717, 1.165) is 83.2 Å². The fourth-order valence-corrected chi connectivity index (χ4v) is 7.25. The SMILES string of the molecule is c1ccc(-c2ccc(N(c3cccc4c3oc3ccccc34)c3cccc4c3oc3c5ccccc5n(-c5ccccc5)c43)cc2)cc1. The lowest BCUT2D eigenvalue weighted by atomic mass is 10.0. The summed E-state index contributed by atoms with van der Waals surface area (Å²) < 4.78 is 15.9. The number of nitrogens with zero attached hydrogens (tertiary/aromatic N) is 2. The van der Waals surface area contributed by atoms with E-state index in [1.54, 1.807) is 0 Å². The molecule has 0 aliphatic heterocycles. The molecule has 7 aromatic carbocycles. The molecule has 0 N–H and O–H groups in total. The Morgan fingerprint density at radius 1 is 0.396 bits per heavy atom. The second-order valence-corrected chi connectivity index (χ2v) is 12.1. The van der Waals surface area contributed by atoms with Gasteiger partial charge in [-0.15, -0.1) is 0 Å². The van der Waals surface area contributed by atoms with Gasteiger partial charge in [-0.25, -0.2) is 0 Å². The summed E-state index contributed by atoms with van der Waals surface area (Å²) in [6.07, 6.45) is 0. The predicted octanol–water partition coefficient (Wildman–Crippen LogP) is 12.6. The number of fused-ring (bicyclic) bond motifs is 8. The smallest absolute Gasteiger partial charge is 0.161 e. The van der Waals surface area contributed by atoms with Crippen LogP contribution >= 0.6 is 0 Å². The standard InChI is InChI=1S/C44H28N2O2/c1-3-13-29(14-4-1)30-25-27-32(28-26-30)45(38-22-11-19-34-33-17-8-10-24-40(33)47-42(34)38)39-23-12-20-36-41-44(48-43(36)39)35-18-7-9-21-37(35)46(41)31-15-5-2-6-16-31/h1-28H. The van der Waals surface area contributed by atoms with Crippen molar-refractivity contribution in [2.75, 3.05) is 4.90 Å². The van der Waals surface area contributed by atoms with Crippen molar-refractivity contribution in [2.24, 2.45) is 0 Å². The molecular weight excluding hydrogens is 588 g/mol. The Kier molecular flexibility index (Phi) is 5.84. The number of anilines is 3. The van der Waals surface area contributed by atoms with Gasteiger partial charge in [-0.3, -0.25) is 0 Å². The summed E-state index contributed by atoms with van der Waals surface area (Å²) in [6, 6.07) is 59.3. The van der Waals surface area contributed by atoms with Crippen molar-refractivity contribution in [3.05, 3.63) is 170 Å². The molecule has 4 nitrogen and oxygen atoms in total. The number of para-hydroxylation sites is 5. The first kappa shape index (κ1) is 26.7. The van der Waals surface area contributed by atoms with Crippen molar-refractivity contribution in [1.29, 1.82) is 0 Å². The molecule has 48 heavy (non-hydrogen) atoms. The highest BCUT2D eigenvalue weighted by Gasteiger charge is 2.26. The van der Waals surface area contributed by atoms with Crippen LogP contribution in [0.5, 0.6) is 0 Å². The van der Waals surface area contributed by atoms with Crippen molar-refractivity contribution in [2.45, 2.75) is 0 Å². The van der Waals surface area contributed by atoms with Crippen LogP contribution in [0.3, 0.4) is 0 Å². The average molecular weight is 617 g/mol. The van der Waals surface area contributed by atoms with Crippen LogP contribution in [-0.2, 0) is 0 Å². The van der Waals surface area contributed by atoms with Gasteiger partial charge >= 0.3 is 0 Å². The molecule has 0 radical (unpaired) electrons. The lowest BCUT2D eigenvalue weighted by Gasteiger charge is -2.26. The van der Waals surface area contributed by atoms with Crippen LogP contribution in [0.1, 0.15) is 0 Å². The van der Waals surface area contributed by atoms with E-state index in [4.69, 9.17) is 8.83 Å². The number of furan rings is 2. The molecule has 3 aromatic heterocycles. The molecule has 0 bridgehead atoms. The predicted molar refractivity (Wildman–Crippen MR) is 198 cm³/mol. The molecule has 0 spiro atoms. The third-order valence-corrected chi connectivity index (χ3v) is 9.39. The molecular formula is C44H28N2O2. The molecule has 0 aliphatic rings. The first-order valence-corrected chi connectivity index (χ1v) is 16.2. The number of benzene rings is 7. The molecule has 0 saturated carbocycles. The molecule has 10 rings (SSSR count). The summed E-state index contributed by atoms with van der Waals surface area (Å²) in [5, 5.41) is 4.30. The Balaban J connectivity index is 1.27. The van der Waals surface area contributed by atoms with Gasteiger partial charge in [-0.1, -0.05) is 109 Å². The van der Waals surface area contributed by atoms with Crippen LogP contribution in [0, 0.1) is 0 Å². The van der Waals surface area contributed by atoms with Crippen molar-refractivity contribution in [3.8, 4) is 16.8 Å². The minimum atomic E-state index is 0.818. The van der Waals surface area contributed by atoms with Gasteiger partial charge in [-0.2, -0.15) is 0 Å². The zero-order chi connectivity index (χ0) is 31.6. The average Bonchev–Trinajstić information content (AvgIpc) is 3.83. The Bertz CT molecular complexity index is 2770. The van der Waals surface area contributed by atoms with E-state index in [1.165, 1.54) is 5.56 Å². The Morgan fingerprint density at radius 3 is 1.75 bits per heavy atom. The number of hydrogen-bond acceptors (Lipinski definition) is 3. The minimum absolute atomic E-state index is 0.818. The van der Waals surface area contributed by atoms with Crippen molar-refractivity contribution in [1.82, 2.24) is 4.57 Å². The van der Waals surface area contributed by atoms with Gasteiger partial charge in [0.1, 0.15) is 11.1 Å². The van der Waals surface area contributed by atoms with Crippen LogP contribution in [0.15, 0.2) is 179 Å². The maximum atomic E-state index is 6.99. The van der Waals surface area contributed by atoms with Crippen LogP contribution in [0.4, 0.5) is 17.1 Å². The summed E-state index contributed by atoms with van der Waals surface area (Å²) >= 11 is 0. The second-order valence-electron chi connectivity index (χ2n) is 12.1. The lowest BCUT2D eigenvalue weighted by Crippen LogP contribution is -2.10. The Hall–Kier alpha value is -6.52. The molecule has 0 saturated heterocycles. The maximum Gasteiger partial charge on any atom is 0.161 e. The van der Waals surface area contributed by atoms with Crippen LogP contribution < -0.4 is 4.90 Å². The van der Waals surface area contributed by atoms with Gasteiger partial charge in [0, 0.05) is 32.9 Å². The first-order chi connectivity index (χ1) is 23.8. The molecule has 0 amide bonds. The number of aromatic nitrogens is 1. The van der Waals surface area contributed by atoms with E-state index in [1.807, 2.05) is 18.2 Å². The van der Waals surface area contributed by atoms with E-state index in [2.05, 4.69) is 161 Å². The summed E-state index contributed by atoms with van der Waals surface area (Å²) in [7, 11) is 0. The molecule has 226 valence electrons. The van der Waals surface area contributed by atoms with Crippen molar-refractivity contribution >= 4 is 72.0 Å². The fraction of sp³-hybridized carbons (Fsp3) is 0. The Labute approximate surface area is 276 Å². The summed E-state index contributed by atoms with van der Waals surface area (Å²) in [5.41, 5.74) is 11.9. The van der Waals surface area contributed by atoms with Gasteiger partial charge < -0.3 is 18.3 Å². The lowest BCUT2D eigenvalue weighted by molar-refractivity contribution is 0.667. The number of hydrogen-bond donors (Lipinski definition) is 0. The Morgan fingerprint density at radius 2 is 0.979 bits per heavy atom. The molecule has 10 aromatic rings. The highest BCUT2D eigenvalue weighted by Crippen LogP contribution is 2.47. The van der Waals surface area contributed by atoms with Crippen LogP contribution in [0.2, 0.25) is 0 Å². The van der Waals surface area contributed by atoms with Gasteiger partial charge in [0.2, 0.25) is 0 Å². The van der Waals surface area contributed by atoms with Crippen LogP contribution in [-0.4, -0.2) is 4.57 Å². The van der Waals surface area contributed by atoms with Gasteiger partial charge in [0.15, 0.2) is 16.7 Å². The highest BCUT2D eigenvalue weighted by atomic mass is 16.3. The monoisotopic (exact) mass is 616 g/mol. The molecule has 0 fully saturated rings.